The molecule has 0 unspecified atom stereocenters. The molecule has 0 saturated carbocycles. The van der Waals surface area contributed by atoms with Gasteiger partial charge in [0.15, 0.2) is 6.08 Å². The zero-order valence-electron chi connectivity index (χ0n) is 16.1. The van der Waals surface area contributed by atoms with Crippen LogP contribution in [0.5, 0.6) is 0 Å². The molecule has 31 heavy (non-hydrogen) atoms. The summed E-state index contributed by atoms with van der Waals surface area (Å²) in [5.74, 6) is 1.56. The highest BCUT2D eigenvalue weighted by Gasteiger charge is 2.24. The van der Waals surface area contributed by atoms with Crippen molar-refractivity contribution in [1.29, 1.82) is 0 Å². The molecule has 0 saturated heterocycles. The highest BCUT2D eigenvalue weighted by molar-refractivity contribution is 7.98. The van der Waals surface area contributed by atoms with Crippen LogP contribution in [0.1, 0.15) is 12.0 Å². The zero-order valence-corrected chi connectivity index (χ0v) is 21.0. The largest absolute Gasteiger partial charge is 0.340 e. The Balaban J connectivity index is 1.67. The van der Waals surface area contributed by atoms with E-state index in [2.05, 4.69) is 17.1 Å². The first-order valence-corrected chi connectivity index (χ1v) is 15.1. The third-order valence-electron chi connectivity index (χ3n) is 4.27. The van der Waals surface area contributed by atoms with Gasteiger partial charge in [0.25, 0.3) is 10.0 Å². The second kappa shape index (κ2) is 10.5. The van der Waals surface area contributed by atoms with Crippen LogP contribution in [0.15, 0.2) is 34.7 Å². The first-order valence-electron chi connectivity index (χ1n) is 9.08. The van der Waals surface area contributed by atoms with Crippen molar-refractivity contribution in [1.82, 2.24) is 9.62 Å². The Bertz CT molecular complexity index is 1160. The quantitative estimate of drug-likeness (QED) is 0.232. The Kier molecular flexibility index (Phi) is 8.49. The van der Waals surface area contributed by atoms with Gasteiger partial charge >= 0.3 is 7.60 Å². The van der Waals surface area contributed by atoms with Crippen LogP contribution >= 0.6 is 53.9 Å². The Morgan fingerprint density at radius 1 is 1.32 bits per heavy atom. The van der Waals surface area contributed by atoms with Gasteiger partial charge in [0.05, 0.1) is 20.8 Å². The van der Waals surface area contributed by atoms with Crippen molar-refractivity contribution in [2.24, 2.45) is 0 Å². The number of halogens is 2. The molecule has 2 heterocycles. The third kappa shape index (κ3) is 6.92. The van der Waals surface area contributed by atoms with Gasteiger partial charge < -0.3 is 14.7 Å². The van der Waals surface area contributed by atoms with Gasteiger partial charge in [-0.1, -0.05) is 23.2 Å². The van der Waals surface area contributed by atoms with Gasteiger partial charge in [-0.15, -0.1) is 11.3 Å². The fourth-order valence-corrected chi connectivity index (χ4v) is 7.93. The summed E-state index contributed by atoms with van der Waals surface area (Å²) >= 11 is 15.5. The standard InChI is InChI=1S/C18H19Cl2N2O5PS3/c19-15-9-13(11-29-8-4-7-22-5-2-1-3-6-22)17(20)14-10-16(30-18(14)15)31(26,27)21-12-28(23,24)25/h1-2,6,9-10,21H,4-5,7-8,11-12H2,(H-,23,24,25)/p+1. The van der Waals surface area contributed by atoms with E-state index in [0.717, 1.165) is 42.2 Å². The fourth-order valence-electron chi connectivity index (χ4n) is 2.81. The predicted molar refractivity (Wildman–Crippen MR) is 128 cm³/mol. The van der Waals surface area contributed by atoms with Crippen molar-refractivity contribution in [2.75, 3.05) is 25.1 Å². The van der Waals surface area contributed by atoms with Crippen molar-refractivity contribution >= 4 is 74.0 Å². The molecule has 13 heteroatoms. The SMILES string of the molecule is O=P(O)(O)CNS(=O)(=O)c1cc2c(Cl)c(CSCCCN3C=[C+]C=CC3)cc(Cl)c2s1. The molecular formula is C18H20Cl2N2O5PS3+. The molecular weight excluding hydrogens is 522 g/mol. The van der Waals surface area contributed by atoms with Crippen LogP contribution in [-0.2, 0) is 20.3 Å². The van der Waals surface area contributed by atoms with Crippen LogP contribution in [-0.4, -0.2) is 48.2 Å². The summed E-state index contributed by atoms with van der Waals surface area (Å²) in [6.45, 7) is 1.83. The van der Waals surface area contributed by atoms with E-state index in [4.69, 9.17) is 33.0 Å². The van der Waals surface area contributed by atoms with Crippen LogP contribution in [0.3, 0.4) is 0 Å². The molecule has 0 bridgehead atoms. The fraction of sp³-hybridized carbons (Fsp3) is 0.333. The van der Waals surface area contributed by atoms with E-state index in [1.54, 1.807) is 17.8 Å². The van der Waals surface area contributed by atoms with Crippen LogP contribution < -0.4 is 4.72 Å². The van der Waals surface area contributed by atoms with Crippen molar-refractivity contribution in [2.45, 2.75) is 16.4 Å². The molecule has 0 spiro atoms. The van der Waals surface area contributed by atoms with Gasteiger partial charge in [0.2, 0.25) is 0 Å². The lowest BCUT2D eigenvalue weighted by Gasteiger charge is -2.14. The van der Waals surface area contributed by atoms with Gasteiger partial charge in [-0.05, 0) is 29.9 Å². The lowest BCUT2D eigenvalue weighted by atomic mass is 10.2. The summed E-state index contributed by atoms with van der Waals surface area (Å²) in [6.07, 6.45) is 8.99. The molecule has 1 aliphatic heterocycles. The van der Waals surface area contributed by atoms with Crippen molar-refractivity contribution < 1.29 is 22.8 Å². The lowest BCUT2D eigenvalue weighted by molar-refractivity contribution is 0.371. The average molecular weight is 542 g/mol. The molecule has 1 aromatic heterocycles. The molecule has 3 N–H and O–H groups in total. The maximum absolute atomic E-state index is 12.4. The number of rotatable bonds is 10. The Morgan fingerprint density at radius 3 is 2.77 bits per heavy atom. The number of hydrogen-bond acceptors (Lipinski definition) is 6. The minimum absolute atomic E-state index is 0.106. The zero-order chi connectivity index (χ0) is 22.6. The number of hydrogen-bond donors (Lipinski definition) is 3. The van der Waals surface area contributed by atoms with Crippen molar-refractivity contribution in [3.63, 3.8) is 0 Å². The molecule has 7 nitrogen and oxygen atoms in total. The van der Waals surface area contributed by atoms with Crippen LogP contribution in [0, 0.1) is 6.08 Å². The van der Waals surface area contributed by atoms with Crippen LogP contribution in [0.2, 0.25) is 10.0 Å². The first kappa shape index (κ1) is 25.0. The Morgan fingerprint density at radius 2 is 2.10 bits per heavy atom. The summed E-state index contributed by atoms with van der Waals surface area (Å²) in [4.78, 5) is 20.0. The van der Waals surface area contributed by atoms with Crippen LogP contribution in [0.25, 0.3) is 10.1 Å². The van der Waals surface area contributed by atoms with Crippen molar-refractivity contribution in [3.05, 3.63) is 52.2 Å². The van der Waals surface area contributed by atoms with Gasteiger partial charge in [-0.3, -0.25) is 4.57 Å². The summed E-state index contributed by atoms with van der Waals surface area (Å²) in [6, 6.07) is 3.12. The second-order valence-electron chi connectivity index (χ2n) is 6.71. The lowest BCUT2D eigenvalue weighted by Crippen LogP contribution is -2.23. The molecule has 168 valence electrons. The van der Waals surface area contributed by atoms with Gasteiger partial charge in [-0.2, -0.15) is 16.5 Å². The molecule has 0 fully saturated rings. The first-order chi connectivity index (χ1) is 14.6. The third-order valence-corrected chi connectivity index (χ3v) is 10.0. The molecule has 0 atom stereocenters. The number of nitrogens with zero attached hydrogens (tertiary/aromatic N) is 1. The van der Waals surface area contributed by atoms with E-state index in [1.165, 1.54) is 6.07 Å². The number of nitrogens with one attached hydrogen (secondary N) is 1. The van der Waals surface area contributed by atoms with E-state index in [9.17, 15) is 13.0 Å². The smallest absolute Gasteiger partial charge is 0.332 e. The monoisotopic (exact) mass is 541 g/mol. The number of fused-ring (bicyclic) bond motifs is 1. The second-order valence-corrected chi connectivity index (χ2v) is 13.3. The number of benzene rings is 1. The minimum Gasteiger partial charge on any atom is -0.332 e. The normalized spacial score (nSPS) is 14.4. The summed E-state index contributed by atoms with van der Waals surface area (Å²) in [7, 11) is -8.62. The highest BCUT2D eigenvalue weighted by atomic mass is 35.5. The number of allylic oxidation sites excluding steroid dienone is 2. The van der Waals surface area contributed by atoms with Gasteiger partial charge in [-0.25, -0.2) is 8.42 Å². The van der Waals surface area contributed by atoms with Gasteiger partial charge in [0.1, 0.15) is 29.3 Å². The molecule has 0 aliphatic carbocycles. The predicted octanol–water partition coefficient (Wildman–Crippen LogP) is 4.43. The Labute approximate surface area is 199 Å². The Hall–Kier alpha value is -0.640. The summed E-state index contributed by atoms with van der Waals surface area (Å²) < 4.78 is 38.1. The number of thioether (sulfide) groups is 1. The van der Waals surface area contributed by atoms with Crippen molar-refractivity contribution in [3.8, 4) is 0 Å². The number of sulfonamides is 1. The average Bonchev–Trinajstić information content (AvgIpc) is 3.18. The maximum atomic E-state index is 12.4. The highest BCUT2D eigenvalue weighted by Crippen LogP contribution is 2.41. The van der Waals surface area contributed by atoms with E-state index in [0.29, 0.717) is 25.9 Å². The summed E-state index contributed by atoms with van der Waals surface area (Å²) in [5.41, 5.74) is 0.809. The molecule has 1 aliphatic rings. The van der Waals surface area contributed by atoms with Gasteiger partial charge in [0, 0.05) is 17.7 Å². The molecule has 2 aromatic rings. The summed E-state index contributed by atoms with van der Waals surface area (Å²) in [5, 5.41) is 1.32. The molecule has 0 radical (unpaired) electrons. The van der Waals surface area contributed by atoms with E-state index in [-0.39, 0.29) is 4.21 Å². The number of thiophene rings is 1. The van der Waals surface area contributed by atoms with E-state index < -0.39 is 23.9 Å². The molecule has 1 aromatic carbocycles. The molecule has 3 rings (SSSR count). The van der Waals surface area contributed by atoms with Crippen LogP contribution in [0.4, 0.5) is 0 Å². The molecule has 0 amide bonds. The minimum atomic E-state index is -4.52. The topological polar surface area (TPSA) is 107 Å². The van der Waals surface area contributed by atoms with E-state index >= 15 is 0 Å². The maximum Gasteiger partial charge on any atom is 0.340 e. The van der Waals surface area contributed by atoms with E-state index in [1.807, 2.05) is 17.0 Å².